The molecule has 3 amide bonds. The second kappa shape index (κ2) is 9.59. The van der Waals surface area contributed by atoms with Gasteiger partial charge in [0.1, 0.15) is 11.4 Å². The molecule has 34 heavy (non-hydrogen) atoms. The maximum absolute atomic E-state index is 12.7. The standard InChI is InChI=1S/C26H33N5O3/c1-17-8-14-20(15-9-17)31-22(16-21(30-31)25(2,3)4)29-23(32)27-18-10-12-19(13-11-18)28-24(33)34-26(5,6)7/h8-16H,1-7H3,(H,28,33)(H2,27,29,32). The number of urea groups is 1. The number of anilines is 3. The Morgan fingerprint density at radius 2 is 1.38 bits per heavy atom. The fourth-order valence-corrected chi connectivity index (χ4v) is 3.06. The Morgan fingerprint density at radius 1 is 0.824 bits per heavy atom. The third-order valence-electron chi connectivity index (χ3n) is 4.79. The number of aromatic nitrogens is 2. The predicted molar refractivity (Wildman–Crippen MR) is 136 cm³/mol. The molecule has 1 aromatic heterocycles. The lowest BCUT2D eigenvalue weighted by Crippen LogP contribution is -2.27. The minimum Gasteiger partial charge on any atom is -0.444 e. The molecule has 3 rings (SSSR count). The van der Waals surface area contributed by atoms with Crippen molar-refractivity contribution in [2.45, 2.75) is 59.5 Å². The van der Waals surface area contributed by atoms with E-state index < -0.39 is 17.7 Å². The minimum atomic E-state index is -0.582. The molecule has 0 radical (unpaired) electrons. The molecule has 0 spiro atoms. The van der Waals surface area contributed by atoms with Gasteiger partial charge in [-0.2, -0.15) is 5.10 Å². The van der Waals surface area contributed by atoms with Crippen LogP contribution in [0, 0.1) is 6.92 Å². The SMILES string of the molecule is Cc1ccc(-n2nc(C(C)(C)C)cc2NC(=O)Nc2ccc(NC(=O)OC(C)(C)C)cc2)cc1. The molecule has 3 N–H and O–H groups in total. The molecule has 180 valence electrons. The Kier molecular flexibility index (Phi) is 7.00. The first-order valence-corrected chi connectivity index (χ1v) is 11.2. The summed E-state index contributed by atoms with van der Waals surface area (Å²) < 4.78 is 6.97. The predicted octanol–water partition coefficient (Wildman–Crippen LogP) is 6.47. The van der Waals surface area contributed by atoms with Gasteiger partial charge in [-0.05, 0) is 64.1 Å². The van der Waals surface area contributed by atoms with Crippen LogP contribution in [0.25, 0.3) is 5.69 Å². The summed E-state index contributed by atoms with van der Waals surface area (Å²) in [5, 5.41) is 13.1. The topological polar surface area (TPSA) is 97.3 Å². The molecule has 0 unspecified atom stereocenters. The molecular formula is C26H33N5O3. The van der Waals surface area contributed by atoms with Crippen LogP contribution in [0.3, 0.4) is 0 Å². The lowest BCUT2D eigenvalue weighted by molar-refractivity contribution is 0.0636. The zero-order valence-electron chi connectivity index (χ0n) is 20.8. The molecule has 0 fully saturated rings. The molecule has 8 heteroatoms. The number of carbonyl (C=O) groups is 2. The summed E-state index contributed by atoms with van der Waals surface area (Å²) in [5.41, 5.74) is 3.23. The molecule has 8 nitrogen and oxygen atoms in total. The monoisotopic (exact) mass is 463 g/mol. The minimum absolute atomic E-state index is 0.181. The van der Waals surface area contributed by atoms with Crippen molar-refractivity contribution in [1.29, 1.82) is 0 Å². The zero-order chi connectivity index (χ0) is 25.1. The summed E-state index contributed by atoms with van der Waals surface area (Å²) in [4.78, 5) is 24.7. The van der Waals surface area contributed by atoms with Gasteiger partial charge in [-0.1, -0.05) is 38.5 Å². The van der Waals surface area contributed by atoms with E-state index in [9.17, 15) is 9.59 Å². The van der Waals surface area contributed by atoms with Crippen LogP contribution in [0.1, 0.15) is 52.8 Å². The maximum Gasteiger partial charge on any atom is 0.412 e. The van der Waals surface area contributed by atoms with Crippen molar-refractivity contribution >= 4 is 29.3 Å². The van der Waals surface area contributed by atoms with Crippen LogP contribution < -0.4 is 16.0 Å². The van der Waals surface area contributed by atoms with Gasteiger partial charge in [0.25, 0.3) is 0 Å². The molecular weight excluding hydrogens is 430 g/mol. The third kappa shape index (κ3) is 6.84. The first kappa shape index (κ1) is 24.8. The van der Waals surface area contributed by atoms with Gasteiger partial charge in [0.2, 0.25) is 0 Å². The molecule has 0 bridgehead atoms. The molecule has 1 heterocycles. The molecule has 2 aromatic carbocycles. The van der Waals surface area contributed by atoms with Crippen LogP contribution in [0.2, 0.25) is 0 Å². The summed E-state index contributed by atoms with van der Waals surface area (Å²) in [5.74, 6) is 0.564. The van der Waals surface area contributed by atoms with Crippen molar-refractivity contribution in [2.75, 3.05) is 16.0 Å². The van der Waals surface area contributed by atoms with Crippen molar-refractivity contribution in [1.82, 2.24) is 9.78 Å². The molecule has 0 saturated heterocycles. The van der Waals surface area contributed by atoms with Gasteiger partial charge in [-0.3, -0.25) is 10.6 Å². The molecule has 0 aliphatic carbocycles. The van der Waals surface area contributed by atoms with Gasteiger partial charge in [0.05, 0.1) is 11.4 Å². The van der Waals surface area contributed by atoms with Gasteiger partial charge in [0, 0.05) is 22.9 Å². The zero-order valence-corrected chi connectivity index (χ0v) is 20.8. The smallest absolute Gasteiger partial charge is 0.412 e. The van der Waals surface area contributed by atoms with Gasteiger partial charge < -0.3 is 10.1 Å². The summed E-state index contributed by atoms with van der Waals surface area (Å²) >= 11 is 0. The van der Waals surface area contributed by atoms with E-state index in [1.807, 2.05) is 37.3 Å². The van der Waals surface area contributed by atoms with E-state index in [-0.39, 0.29) is 5.41 Å². The van der Waals surface area contributed by atoms with Crippen molar-refractivity contribution in [3.63, 3.8) is 0 Å². The number of hydrogen-bond acceptors (Lipinski definition) is 4. The Labute approximate surface area is 200 Å². The van der Waals surface area contributed by atoms with E-state index in [0.717, 1.165) is 16.9 Å². The van der Waals surface area contributed by atoms with E-state index >= 15 is 0 Å². The van der Waals surface area contributed by atoms with E-state index in [4.69, 9.17) is 9.84 Å². The number of hydrogen-bond donors (Lipinski definition) is 3. The number of amides is 3. The van der Waals surface area contributed by atoms with E-state index in [1.165, 1.54) is 0 Å². The molecule has 0 saturated carbocycles. The highest BCUT2D eigenvalue weighted by molar-refractivity contribution is 5.99. The molecule has 0 aliphatic heterocycles. The quantitative estimate of drug-likeness (QED) is 0.413. The number of carbonyl (C=O) groups excluding carboxylic acids is 2. The third-order valence-corrected chi connectivity index (χ3v) is 4.79. The highest BCUT2D eigenvalue weighted by atomic mass is 16.6. The highest BCUT2D eigenvalue weighted by Gasteiger charge is 2.21. The summed E-state index contributed by atoms with van der Waals surface area (Å²) in [6.45, 7) is 13.6. The highest BCUT2D eigenvalue weighted by Crippen LogP contribution is 2.26. The van der Waals surface area contributed by atoms with E-state index in [1.54, 1.807) is 49.7 Å². The second-order valence-corrected chi connectivity index (χ2v) is 10.2. The van der Waals surface area contributed by atoms with Crippen LogP contribution in [-0.4, -0.2) is 27.5 Å². The van der Waals surface area contributed by atoms with Gasteiger partial charge >= 0.3 is 12.1 Å². The van der Waals surface area contributed by atoms with Crippen LogP contribution in [0.5, 0.6) is 0 Å². The average Bonchev–Trinajstić information content (AvgIpc) is 3.12. The lowest BCUT2D eigenvalue weighted by Gasteiger charge is -2.19. The first-order valence-electron chi connectivity index (χ1n) is 11.2. The van der Waals surface area contributed by atoms with Crippen molar-refractivity contribution in [2.24, 2.45) is 0 Å². The Morgan fingerprint density at radius 3 is 1.91 bits per heavy atom. The number of nitrogens with one attached hydrogen (secondary N) is 3. The number of benzene rings is 2. The van der Waals surface area contributed by atoms with E-state index in [0.29, 0.717) is 17.2 Å². The Bertz CT molecular complexity index is 1150. The summed E-state index contributed by atoms with van der Waals surface area (Å²) in [6.07, 6.45) is -0.537. The van der Waals surface area contributed by atoms with Crippen LogP contribution in [0.15, 0.2) is 54.6 Å². The molecule has 0 aliphatic rings. The van der Waals surface area contributed by atoms with Crippen LogP contribution in [0.4, 0.5) is 26.8 Å². The Balaban J connectivity index is 1.71. The number of ether oxygens (including phenoxy) is 1. The van der Waals surface area contributed by atoms with Crippen LogP contribution in [-0.2, 0) is 10.2 Å². The van der Waals surface area contributed by atoms with Crippen molar-refractivity contribution in [3.8, 4) is 5.69 Å². The summed E-state index contributed by atoms with van der Waals surface area (Å²) in [6, 6.07) is 16.2. The van der Waals surface area contributed by atoms with Gasteiger partial charge in [-0.15, -0.1) is 0 Å². The van der Waals surface area contributed by atoms with Gasteiger partial charge in [0.15, 0.2) is 0 Å². The largest absolute Gasteiger partial charge is 0.444 e. The Hall–Kier alpha value is -3.81. The van der Waals surface area contributed by atoms with Crippen molar-refractivity contribution in [3.05, 3.63) is 65.9 Å². The molecule has 0 atom stereocenters. The van der Waals surface area contributed by atoms with Crippen molar-refractivity contribution < 1.29 is 14.3 Å². The normalized spacial score (nSPS) is 11.6. The van der Waals surface area contributed by atoms with E-state index in [2.05, 4.69) is 36.7 Å². The fourth-order valence-electron chi connectivity index (χ4n) is 3.06. The second-order valence-electron chi connectivity index (χ2n) is 10.2. The average molecular weight is 464 g/mol. The number of nitrogens with zero attached hydrogens (tertiary/aromatic N) is 2. The number of rotatable bonds is 4. The maximum atomic E-state index is 12.7. The molecule has 3 aromatic rings. The fraction of sp³-hybridized carbons (Fsp3) is 0.346. The lowest BCUT2D eigenvalue weighted by atomic mass is 9.92. The first-order chi connectivity index (χ1) is 15.8. The van der Waals surface area contributed by atoms with Crippen LogP contribution >= 0.6 is 0 Å². The summed E-state index contributed by atoms with van der Waals surface area (Å²) in [7, 11) is 0. The number of aryl methyl sites for hydroxylation is 1. The van der Waals surface area contributed by atoms with Gasteiger partial charge in [-0.25, -0.2) is 14.3 Å².